The van der Waals surface area contributed by atoms with Crippen LogP contribution in [0, 0.1) is 11.6 Å². The van der Waals surface area contributed by atoms with Gasteiger partial charge in [-0.1, -0.05) is 6.92 Å². The van der Waals surface area contributed by atoms with Crippen molar-refractivity contribution in [3.05, 3.63) is 23.8 Å². The van der Waals surface area contributed by atoms with E-state index >= 15 is 0 Å². The average molecular weight is 215 g/mol. The Kier molecular flexibility index (Phi) is 3.60. The molecule has 3 nitrogen and oxygen atoms in total. The van der Waals surface area contributed by atoms with Gasteiger partial charge < -0.3 is 10.5 Å². The van der Waals surface area contributed by atoms with Crippen LogP contribution in [-0.2, 0) is 4.79 Å². The van der Waals surface area contributed by atoms with Crippen molar-refractivity contribution in [2.45, 2.75) is 19.8 Å². The molecular formula is C10H11F2NO2. The summed E-state index contributed by atoms with van der Waals surface area (Å²) in [6.07, 6.45) is 0.812. The molecular weight excluding hydrogens is 204 g/mol. The number of ether oxygens (including phenoxy) is 1. The van der Waals surface area contributed by atoms with Gasteiger partial charge in [0.25, 0.3) is 0 Å². The molecule has 0 radical (unpaired) electrons. The normalized spacial score (nSPS) is 10.1. The van der Waals surface area contributed by atoms with Crippen molar-refractivity contribution >= 4 is 11.7 Å². The predicted molar refractivity (Wildman–Crippen MR) is 51.3 cm³/mol. The van der Waals surface area contributed by atoms with Gasteiger partial charge in [-0.2, -0.15) is 0 Å². The van der Waals surface area contributed by atoms with Gasteiger partial charge in [-0.05, 0) is 6.42 Å². The lowest BCUT2D eigenvalue weighted by atomic mass is 10.3. The minimum Gasteiger partial charge on any atom is -0.426 e. The molecule has 0 spiro atoms. The van der Waals surface area contributed by atoms with E-state index in [0.717, 1.165) is 12.1 Å². The van der Waals surface area contributed by atoms with Crippen LogP contribution in [0.5, 0.6) is 5.75 Å². The van der Waals surface area contributed by atoms with Crippen molar-refractivity contribution in [3.63, 3.8) is 0 Å². The summed E-state index contributed by atoms with van der Waals surface area (Å²) in [4.78, 5) is 11.0. The third kappa shape index (κ3) is 2.90. The zero-order chi connectivity index (χ0) is 11.4. The topological polar surface area (TPSA) is 52.3 Å². The minimum absolute atomic E-state index is 0.169. The van der Waals surface area contributed by atoms with Crippen LogP contribution in [0.15, 0.2) is 12.1 Å². The summed E-state index contributed by atoms with van der Waals surface area (Å²) in [5, 5.41) is 0. The standard InChI is InChI=1S/C10H11F2NO2/c1-2-3-9(14)15-6-4-7(11)10(13)8(12)5-6/h4-5H,2-3,13H2,1H3. The van der Waals surface area contributed by atoms with Gasteiger partial charge in [0, 0.05) is 18.6 Å². The summed E-state index contributed by atoms with van der Waals surface area (Å²) < 4.78 is 30.5. The molecule has 0 aliphatic heterocycles. The maximum Gasteiger partial charge on any atom is 0.311 e. The maximum atomic E-state index is 12.9. The number of anilines is 1. The van der Waals surface area contributed by atoms with Crippen LogP contribution in [-0.4, -0.2) is 5.97 Å². The Morgan fingerprint density at radius 3 is 2.40 bits per heavy atom. The molecule has 15 heavy (non-hydrogen) atoms. The van der Waals surface area contributed by atoms with E-state index in [4.69, 9.17) is 10.5 Å². The zero-order valence-corrected chi connectivity index (χ0v) is 8.22. The molecule has 0 aromatic heterocycles. The zero-order valence-electron chi connectivity index (χ0n) is 8.22. The average Bonchev–Trinajstić information content (AvgIpc) is 2.14. The van der Waals surface area contributed by atoms with Gasteiger partial charge in [-0.15, -0.1) is 0 Å². The number of carbonyl (C=O) groups is 1. The van der Waals surface area contributed by atoms with Gasteiger partial charge in [0.1, 0.15) is 11.4 Å². The Morgan fingerprint density at radius 2 is 1.93 bits per heavy atom. The van der Waals surface area contributed by atoms with Crippen LogP contribution in [0.3, 0.4) is 0 Å². The molecule has 0 unspecified atom stereocenters. The van der Waals surface area contributed by atoms with Gasteiger partial charge in [-0.3, -0.25) is 4.79 Å². The number of hydrogen-bond acceptors (Lipinski definition) is 3. The largest absolute Gasteiger partial charge is 0.426 e. The summed E-state index contributed by atoms with van der Waals surface area (Å²) in [6, 6.07) is 1.76. The summed E-state index contributed by atoms with van der Waals surface area (Å²) in [5.74, 6) is -2.57. The van der Waals surface area contributed by atoms with Crippen molar-refractivity contribution in [2.24, 2.45) is 0 Å². The van der Waals surface area contributed by atoms with E-state index in [1.807, 2.05) is 0 Å². The molecule has 1 aromatic rings. The fraction of sp³-hybridized carbons (Fsp3) is 0.300. The van der Waals surface area contributed by atoms with Gasteiger partial charge in [-0.25, -0.2) is 8.78 Å². The molecule has 82 valence electrons. The predicted octanol–water partition coefficient (Wildman–Crippen LogP) is 2.25. The molecule has 0 aliphatic rings. The second kappa shape index (κ2) is 4.72. The van der Waals surface area contributed by atoms with Crippen LogP contribution in [0.2, 0.25) is 0 Å². The highest BCUT2D eigenvalue weighted by Crippen LogP contribution is 2.22. The number of rotatable bonds is 3. The van der Waals surface area contributed by atoms with Crippen LogP contribution < -0.4 is 10.5 Å². The van der Waals surface area contributed by atoms with E-state index in [0.29, 0.717) is 6.42 Å². The van der Waals surface area contributed by atoms with Gasteiger partial charge in [0.05, 0.1) is 0 Å². The van der Waals surface area contributed by atoms with Crippen LogP contribution in [0.1, 0.15) is 19.8 Å². The minimum atomic E-state index is -0.936. The number of esters is 1. The first-order valence-electron chi connectivity index (χ1n) is 4.49. The number of nitrogens with two attached hydrogens (primary N) is 1. The lowest BCUT2D eigenvalue weighted by Crippen LogP contribution is -2.08. The van der Waals surface area contributed by atoms with E-state index in [2.05, 4.69) is 0 Å². The van der Waals surface area contributed by atoms with Crippen molar-refractivity contribution in [2.75, 3.05) is 5.73 Å². The van der Waals surface area contributed by atoms with E-state index in [1.54, 1.807) is 6.92 Å². The Labute approximate surface area is 85.8 Å². The van der Waals surface area contributed by atoms with Gasteiger partial charge >= 0.3 is 5.97 Å². The molecule has 0 saturated carbocycles. The molecule has 0 aliphatic carbocycles. The molecule has 1 aromatic carbocycles. The number of benzene rings is 1. The van der Waals surface area contributed by atoms with Crippen molar-refractivity contribution in [1.29, 1.82) is 0 Å². The molecule has 1 rings (SSSR count). The third-order valence-electron chi connectivity index (χ3n) is 1.74. The molecule has 0 fully saturated rings. The lowest BCUT2D eigenvalue weighted by Gasteiger charge is -2.05. The Hall–Kier alpha value is -1.65. The summed E-state index contributed by atoms with van der Waals surface area (Å²) in [6.45, 7) is 1.80. The summed E-state index contributed by atoms with van der Waals surface area (Å²) >= 11 is 0. The first kappa shape index (κ1) is 11.4. The van der Waals surface area contributed by atoms with Crippen LogP contribution in [0.25, 0.3) is 0 Å². The SMILES string of the molecule is CCCC(=O)Oc1cc(F)c(N)c(F)c1. The smallest absolute Gasteiger partial charge is 0.311 e. The van der Waals surface area contributed by atoms with Gasteiger partial charge in [0.15, 0.2) is 11.6 Å². The Morgan fingerprint density at radius 1 is 1.40 bits per heavy atom. The van der Waals surface area contributed by atoms with E-state index in [-0.39, 0.29) is 12.2 Å². The van der Waals surface area contributed by atoms with Crippen LogP contribution in [0.4, 0.5) is 14.5 Å². The highest BCUT2D eigenvalue weighted by atomic mass is 19.1. The van der Waals surface area contributed by atoms with Crippen molar-refractivity contribution in [3.8, 4) is 5.75 Å². The molecule has 0 atom stereocenters. The Bertz CT molecular complexity index is 357. The maximum absolute atomic E-state index is 12.9. The molecule has 0 bridgehead atoms. The fourth-order valence-corrected chi connectivity index (χ4v) is 1.01. The summed E-state index contributed by atoms with van der Waals surface area (Å²) in [5.41, 5.74) is 4.47. The lowest BCUT2D eigenvalue weighted by molar-refractivity contribution is -0.134. The highest BCUT2D eigenvalue weighted by Gasteiger charge is 2.10. The first-order valence-corrected chi connectivity index (χ1v) is 4.49. The Balaban J connectivity index is 2.83. The number of hydrogen-bond donors (Lipinski definition) is 1. The monoisotopic (exact) mass is 215 g/mol. The van der Waals surface area contributed by atoms with Gasteiger partial charge in [0.2, 0.25) is 0 Å². The van der Waals surface area contributed by atoms with Crippen molar-refractivity contribution in [1.82, 2.24) is 0 Å². The molecule has 2 N–H and O–H groups in total. The second-order valence-electron chi connectivity index (χ2n) is 3.02. The van der Waals surface area contributed by atoms with E-state index < -0.39 is 23.3 Å². The first-order chi connectivity index (χ1) is 7.04. The molecule has 0 saturated heterocycles. The number of nitrogen functional groups attached to an aromatic ring is 1. The van der Waals surface area contributed by atoms with Crippen molar-refractivity contribution < 1.29 is 18.3 Å². The third-order valence-corrected chi connectivity index (χ3v) is 1.74. The fourth-order valence-electron chi connectivity index (χ4n) is 1.01. The molecule has 0 heterocycles. The molecule has 5 heteroatoms. The van der Waals surface area contributed by atoms with E-state index in [9.17, 15) is 13.6 Å². The van der Waals surface area contributed by atoms with Crippen LogP contribution >= 0.6 is 0 Å². The summed E-state index contributed by atoms with van der Waals surface area (Å²) in [7, 11) is 0. The molecule has 0 amide bonds. The second-order valence-corrected chi connectivity index (χ2v) is 3.02. The van der Waals surface area contributed by atoms with E-state index in [1.165, 1.54) is 0 Å². The quantitative estimate of drug-likeness (QED) is 0.478. The highest BCUT2D eigenvalue weighted by molar-refractivity contribution is 5.72. The number of halogens is 2. The number of carbonyl (C=O) groups excluding carboxylic acids is 1.